The van der Waals surface area contributed by atoms with Gasteiger partial charge in [0.2, 0.25) is 0 Å². The number of carbonyl (C=O) groups excluding carboxylic acids is 1. The van der Waals surface area contributed by atoms with Gasteiger partial charge >= 0.3 is 0 Å². The van der Waals surface area contributed by atoms with Crippen LogP contribution in [0.25, 0.3) is 0 Å². The molecular formula is C11H11BrO2. The number of ketones is 1. The van der Waals surface area contributed by atoms with Crippen molar-refractivity contribution >= 4 is 21.7 Å². The van der Waals surface area contributed by atoms with Crippen LogP contribution in [0.5, 0.6) is 5.75 Å². The molecule has 1 aliphatic carbocycles. The second-order valence-electron chi connectivity index (χ2n) is 3.42. The molecule has 0 saturated carbocycles. The van der Waals surface area contributed by atoms with Gasteiger partial charge in [0, 0.05) is 10.9 Å². The van der Waals surface area contributed by atoms with Gasteiger partial charge in [0.25, 0.3) is 0 Å². The first-order valence-electron chi connectivity index (χ1n) is 4.62. The van der Waals surface area contributed by atoms with E-state index in [1.165, 1.54) is 0 Å². The van der Waals surface area contributed by atoms with Gasteiger partial charge in [-0.15, -0.1) is 0 Å². The van der Waals surface area contributed by atoms with E-state index >= 15 is 0 Å². The molecule has 0 atom stereocenters. The topological polar surface area (TPSA) is 26.3 Å². The third kappa shape index (κ3) is 1.57. The molecule has 0 fully saturated rings. The Bertz CT molecular complexity index is 368. The average molecular weight is 255 g/mol. The van der Waals surface area contributed by atoms with Crippen LogP contribution in [0.4, 0.5) is 0 Å². The summed E-state index contributed by atoms with van der Waals surface area (Å²) in [5, 5.41) is 0. The molecule has 1 aromatic carbocycles. The lowest BCUT2D eigenvalue weighted by molar-refractivity contribution is 0.0969. The molecule has 1 aliphatic rings. The van der Waals surface area contributed by atoms with Crippen molar-refractivity contribution in [1.29, 1.82) is 0 Å². The van der Waals surface area contributed by atoms with Crippen molar-refractivity contribution in [3.05, 3.63) is 27.7 Å². The molecule has 0 aromatic heterocycles. The normalized spacial score (nSPS) is 15.1. The predicted octanol–water partition coefficient (Wildman–Crippen LogP) is 2.98. The SMILES string of the molecule is COc1cc(Br)cc2c1C(=O)CCC2. The highest BCUT2D eigenvalue weighted by molar-refractivity contribution is 9.10. The third-order valence-electron chi connectivity index (χ3n) is 2.50. The van der Waals surface area contributed by atoms with E-state index in [0.29, 0.717) is 12.2 Å². The van der Waals surface area contributed by atoms with Crippen LogP contribution < -0.4 is 4.74 Å². The van der Waals surface area contributed by atoms with Gasteiger partial charge in [-0.2, -0.15) is 0 Å². The fourth-order valence-electron chi connectivity index (χ4n) is 1.87. The first kappa shape index (κ1) is 9.71. The van der Waals surface area contributed by atoms with Gasteiger partial charge in [-0.05, 0) is 30.5 Å². The molecule has 0 N–H and O–H groups in total. The van der Waals surface area contributed by atoms with E-state index in [0.717, 1.165) is 28.4 Å². The zero-order valence-corrected chi connectivity index (χ0v) is 9.56. The largest absolute Gasteiger partial charge is 0.496 e. The highest BCUT2D eigenvalue weighted by Crippen LogP contribution is 2.32. The highest BCUT2D eigenvalue weighted by atomic mass is 79.9. The Morgan fingerprint density at radius 3 is 2.86 bits per heavy atom. The van der Waals surface area contributed by atoms with Gasteiger partial charge in [0.05, 0.1) is 12.7 Å². The number of rotatable bonds is 1. The van der Waals surface area contributed by atoms with Crippen LogP contribution in [0, 0.1) is 0 Å². The minimum absolute atomic E-state index is 0.204. The summed E-state index contributed by atoms with van der Waals surface area (Å²) in [5.74, 6) is 0.898. The number of Topliss-reactive ketones (excluding diaryl/α,β-unsaturated/α-hetero) is 1. The third-order valence-corrected chi connectivity index (χ3v) is 2.96. The summed E-state index contributed by atoms with van der Waals surface area (Å²) >= 11 is 3.41. The number of ether oxygens (including phenoxy) is 1. The van der Waals surface area contributed by atoms with Crippen molar-refractivity contribution < 1.29 is 9.53 Å². The summed E-state index contributed by atoms with van der Waals surface area (Å²) in [4.78, 5) is 11.7. The average Bonchev–Trinajstić information content (AvgIpc) is 2.16. The van der Waals surface area contributed by atoms with Crippen LogP contribution in [0.2, 0.25) is 0 Å². The van der Waals surface area contributed by atoms with E-state index in [2.05, 4.69) is 15.9 Å². The first-order chi connectivity index (χ1) is 6.72. The quantitative estimate of drug-likeness (QED) is 0.771. The van der Waals surface area contributed by atoms with Crippen LogP contribution in [0.1, 0.15) is 28.8 Å². The molecule has 0 spiro atoms. The number of fused-ring (bicyclic) bond motifs is 1. The van der Waals surface area contributed by atoms with Gasteiger partial charge in [0.15, 0.2) is 5.78 Å². The molecule has 3 heteroatoms. The summed E-state index contributed by atoms with van der Waals surface area (Å²) in [6.45, 7) is 0. The lowest BCUT2D eigenvalue weighted by Crippen LogP contribution is -2.12. The molecule has 0 radical (unpaired) electrons. The molecule has 0 saturated heterocycles. The minimum atomic E-state index is 0.204. The molecule has 1 aromatic rings. The molecule has 2 nitrogen and oxygen atoms in total. The predicted molar refractivity (Wildman–Crippen MR) is 58.0 cm³/mol. The van der Waals surface area contributed by atoms with E-state index in [1.807, 2.05) is 12.1 Å². The number of benzene rings is 1. The molecule has 0 bridgehead atoms. The molecule has 2 rings (SSSR count). The maximum Gasteiger partial charge on any atom is 0.166 e. The molecular weight excluding hydrogens is 244 g/mol. The van der Waals surface area contributed by atoms with E-state index in [9.17, 15) is 4.79 Å². The first-order valence-corrected chi connectivity index (χ1v) is 5.41. The summed E-state index contributed by atoms with van der Waals surface area (Å²) < 4.78 is 6.19. The smallest absolute Gasteiger partial charge is 0.166 e. The van der Waals surface area contributed by atoms with Crippen molar-refractivity contribution in [2.24, 2.45) is 0 Å². The summed E-state index contributed by atoms with van der Waals surface area (Å²) in [7, 11) is 1.60. The molecule has 14 heavy (non-hydrogen) atoms. The number of hydrogen-bond acceptors (Lipinski definition) is 2. The Labute approximate surface area is 91.4 Å². The standard InChI is InChI=1S/C11H11BrO2/c1-14-10-6-8(12)5-7-3-2-4-9(13)11(7)10/h5-6H,2-4H2,1H3. The van der Waals surface area contributed by atoms with Crippen LogP contribution in [0.15, 0.2) is 16.6 Å². The molecule has 0 aliphatic heterocycles. The van der Waals surface area contributed by atoms with Gasteiger partial charge in [0.1, 0.15) is 5.75 Å². The molecule has 0 unspecified atom stereocenters. The van der Waals surface area contributed by atoms with E-state index in [1.54, 1.807) is 7.11 Å². The Kier molecular flexibility index (Phi) is 2.59. The Morgan fingerprint density at radius 2 is 2.14 bits per heavy atom. The fraction of sp³-hybridized carbons (Fsp3) is 0.364. The molecule has 0 heterocycles. The monoisotopic (exact) mass is 254 g/mol. The van der Waals surface area contributed by atoms with Crippen molar-refractivity contribution in [2.45, 2.75) is 19.3 Å². The Hall–Kier alpha value is -0.830. The number of aryl methyl sites for hydroxylation is 1. The summed E-state index contributed by atoms with van der Waals surface area (Å²) in [6, 6.07) is 3.86. The Balaban J connectivity index is 2.61. The molecule has 0 amide bonds. The van der Waals surface area contributed by atoms with Gasteiger partial charge in [-0.3, -0.25) is 4.79 Å². The Morgan fingerprint density at radius 1 is 1.36 bits per heavy atom. The fourth-order valence-corrected chi connectivity index (χ4v) is 2.36. The van der Waals surface area contributed by atoms with Crippen molar-refractivity contribution in [1.82, 2.24) is 0 Å². The number of methoxy groups -OCH3 is 1. The van der Waals surface area contributed by atoms with Crippen LogP contribution in [-0.4, -0.2) is 12.9 Å². The zero-order valence-electron chi connectivity index (χ0n) is 7.97. The van der Waals surface area contributed by atoms with E-state index < -0.39 is 0 Å². The van der Waals surface area contributed by atoms with Gasteiger partial charge in [-0.25, -0.2) is 0 Å². The number of hydrogen-bond donors (Lipinski definition) is 0. The van der Waals surface area contributed by atoms with Crippen LogP contribution in [0.3, 0.4) is 0 Å². The zero-order chi connectivity index (χ0) is 10.1. The maximum absolute atomic E-state index is 11.7. The van der Waals surface area contributed by atoms with Crippen LogP contribution in [-0.2, 0) is 6.42 Å². The second-order valence-corrected chi connectivity index (χ2v) is 4.33. The highest BCUT2D eigenvalue weighted by Gasteiger charge is 2.21. The van der Waals surface area contributed by atoms with Crippen LogP contribution >= 0.6 is 15.9 Å². The van der Waals surface area contributed by atoms with Crippen molar-refractivity contribution in [3.63, 3.8) is 0 Å². The second kappa shape index (κ2) is 3.73. The van der Waals surface area contributed by atoms with Gasteiger partial charge in [-0.1, -0.05) is 15.9 Å². The minimum Gasteiger partial charge on any atom is -0.496 e. The van der Waals surface area contributed by atoms with E-state index in [4.69, 9.17) is 4.74 Å². The summed E-state index contributed by atoms with van der Waals surface area (Å²) in [5.41, 5.74) is 1.88. The van der Waals surface area contributed by atoms with Crippen molar-refractivity contribution in [2.75, 3.05) is 7.11 Å². The van der Waals surface area contributed by atoms with Gasteiger partial charge < -0.3 is 4.74 Å². The molecule has 74 valence electrons. The maximum atomic E-state index is 11.7. The number of carbonyl (C=O) groups is 1. The number of halogens is 1. The lowest BCUT2D eigenvalue weighted by atomic mass is 9.90. The lowest BCUT2D eigenvalue weighted by Gasteiger charge is -2.17. The summed E-state index contributed by atoms with van der Waals surface area (Å²) in [6.07, 6.45) is 2.56. The van der Waals surface area contributed by atoms with E-state index in [-0.39, 0.29) is 5.78 Å². The van der Waals surface area contributed by atoms with Crippen molar-refractivity contribution in [3.8, 4) is 5.75 Å².